The van der Waals surface area contributed by atoms with Crippen molar-refractivity contribution in [1.82, 2.24) is 4.90 Å². The van der Waals surface area contributed by atoms with E-state index in [2.05, 4.69) is 24.0 Å². The summed E-state index contributed by atoms with van der Waals surface area (Å²) in [6.45, 7) is 5.94. The van der Waals surface area contributed by atoms with Gasteiger partial charge < -0.3 is 5.73 Å². The van der Waals surface area contributed by atoms with Crippen LogP contribution in [-0.4, -0.2) is 11.4 Å². The Morgan fingerprint density at radius 1 is 1.11 bits per heavy atom. The number of nitrogens with zero attached hydrogens (tertiary/aromatic N) is 1. The molecule has 2 N–H and O–H groups in total. The van der Waals surface area contributed by atoms with Crippen LogP contribution in [0.4, 0.5) is 5.69 Å². The van der Waals surface area contributed by atoms with Crippen LogP contribution >= 0.6 is 0 Å². The lowest BCUT2D eigenvalue weighted by Crippen LogP contribution is -2.34. The minimum Gasteiger partial charge on any atom is -0.399 e. The van der Waals surface area contributed by atoms with Crippen molar-refractivity contribution in [3.8, 4) is 0 Å². The van der Waals surface area contributed by atoms with E-state index in [9.17, 15) is 0 Å². The average molecular weight is 244 g/mol. The van der Waals surface area contributed by atoms with Crippen molar-refractivity contribution in [1.29, 1.82) is 0 Å². The first-order valence-electron chi connectivity index (χ1n) is 7.24. The number of fused-ring (bicyclic) bond motifs is 1. The molecule has 1 saturated carbocycles. The third kappa shape index (κ3) is 2.39. The third-order valence-electron chi connectivity index (χ3n) is 4.68. The van der Waals surface area contributed by atoms with Crippen molar-refractivity contribution in [3.05, 3.63) is 29.3 Å². The summed E-state index contributed by atoms with van der Waals surface area (Å²) in [4.78, 5) is 2.61. The largest absolute Gasteiger partial charge is 0.399 e. The SMILES string of the molecule is CC1(CN2Cc3ccc(N)cc3C2)CCCCC1. The van der Waals surface area contributed by atoms with E-state index in [-0.39, 0.29) is 0 Å². The smallest absolute Gasteiger partial charge is 0.0317 e. The maximum atomic E-state index is 5.87. The summed E-state index contributed by atoms with van der Waals surface area (Å²) in [5.74, 6) is 0. The normalized spacial score (nSPS) is 22.9. The molecular weight excluding hydrogens is 220 g/mol. The zero-order valence-electron chi connectivity index (χ0n) is 11.4. The van der Waals surface area contributed by atoms with Gasteiger partial charge >= 0.3 is 0 Å². The summed E-state index contributed by atoms with van der Waals surface area (Å²) < 4.78 is 0. The second-order valence-electron chi connectivity index (χ2n) is 6.54. The number of hydrogen-bond acceptors (Lipinski definition) is 2. The second kappa shape index (κ2) is 4.58. The first-order chi connectivity index (χ1) is 8.65. The zero-order chi connectivity index (χ0) is 12.6. The molecular formula is C16H24N2. The molecule has 1 aliphatic heterocycles. The van der Waals surface area contributed by atoms with E-state index in [1.807, 2.05) is 6.07 Å². The van der Waals surface area contributed by atoms with Crippen LogP contribution in [-0.2, 0) is 13.1 Å². The van der Waals surface area contributed by atoms with Crippen LogP contribution in [0.1, 0.15) is 50.2 Å². The van der Waals surface area contributed by atoms with Crippen molar-refractivity contribution < 1.29 is 0 Å². The first kappa shape index (κ1) is 12.0. The third-order valence-corrected chi connectivity index (χ3v) is 4.68. The van der Waals surface area contributed by atoms with Gasteiger partial charge in [-0.05, 0) is 41.5 Å². The summed E-state index contributed by atoms with van der Waals surface area (Å²) in [6, 6.07) is 6.39. The molecule has 0 bridgehead atoms. The number of nitrogens with two attached hydrogens (primary N) is 1. The van der Waals surface area contributed by atoms with Gasteiger partial charge in [0.25, 0.3) is 0 Å². The fraction of sp³-hybridized carbons (Fsp3) is 0.625. The maximum Gasteiger partial charge on any atom is 0.0317 e. The van der Waals surface area contributed by atoms with Crippen LogP contribution in [0.5, 0.6) is 0 Å². The molecule has 98 valence electrons. The van der Waals surface area contributed by atoms with Crippen molar-refractivity contribution in [2.75, 3.05) is 12.3 Å². The molecule has 18 heavy (non-hydrogen) atoms. The molecule has 1 aromatic rings. The molecule has 2 heteroatoms. The summed E-state index contributed by atoms with van der Waals surface area (Å²) in [7, 11) is 0. The van der Waals surface area contributed by atoms with Crippen LogP contribution in [0, 0.1) is 5.41 Å². The predicted molar refractivity (Wildman–Crippen MR) is 76.2 cm³/mol. The molecule has 2 nitrogen and oxygen atoms in total. The molecule has 1 aromatic carbocycles. The molecule has 1 aliphatic carbocycles. The van der Waals surface area contributed by atoms with Crippen LogP contribution in [0.3, 0.4) is 0 Å². The predicted octanol–water partition coefficient (Wildman–Crippen LogP) is 3.55. The number of anilines is 1. The topological polar surface area (TPSA) is 29.3 Å². The molecule has 0 amide bonds. The fourth-order valence-electron chi connectivity index (χ4n) is 3.70. The van der Waals surface area contributed by atoms with Gasteiger partial charge in [0.15, 0.2) is 0 Å². The zero-order valence-corrected chi connectivity index (χ0v) is 11.4. The number of benzene rings is 1. The lowest BCUT2D eigenvalue weighted by atomic mass is 9.75. The van der Waals surface area contributed by atoms with Gasteiger partial charge in [-0.1, -0.05) is 32.3 Å². The maximum absolute atomic E-state index is 5.87. The molecule has 3 rings (SSSR count). The van der Waals surface area contributed by atoms with Gasteiger partial charge in [-0.15, -0.1) is 0 Å². The van der Waals surface area contributed by atoms with Crippen molar-refractivity contribution in [3.63, 3.8) is 0 Å². The van der Waals surface area contributed by atoms with Crippen LogP contribution < -0.4 is 5.73 Å². The summed E-state index contributed by atoms with van der Waals surface area (Å²) in [5.41, 5.74) is 10.2. The van der Waals surface area contributed by atoms with E-state index in [1.165, 1.54) is 49.8 Å². The lowest BCUT2D eigenvalue weighted by Gasteiger charge is -2.37. The Bertz CT molecular complexity index is 433. The van der Waals surface area contributed by atoms with Crippen LogP contribution in [0.15, 0.2) is 18.2 Å². The standard InChI is InChI=1S/C16H24N2/c1-16(7-3-2-4-8-16)12-18-10-13-5-6-15(17)9-14(13)11-18/h5-6,9H,2-4,7-8,10-12,17H2,1H3. The summed E-state index contributed by atoms with van der Waals surface area (Å²) in [6.07, 6.45) is 7.09. The van der Waals surface area contributed by atoms with Crippen LogP contribution in [0.2, 0.25) is 0 Å². The van der Waals surface area contributed by atoms with Gasteiger partial charge in [-0.25, -0.2) is 0 Å². The van der Waals surface area contributed by atoms with Crippen LogP contribution in [0.25, 0.3) is 0 Å². The number of hydrogen-bond donors (Lipinski definition) is 1. The molecule has 0 unspecified atom stereocenters. The van der Waals surface area contributed by atoms with Crippen molar-refractivity contribution in [2.45, 2.75) is 52.1 Å². The van der Waals surface area contributed by atoms with E-state index in [0.717, 1.165) is 18.8 Å². The summed E-state index contributed by atoms with van der Waals surface area (Å²) in [5, 5.41) is 0. The minimum absolute atomic E-state index is 0.547. The Morgan fingerprint density at radius 2 is 1.83 bits per heavy atom. The van der Waals surface area contributed by atoms with Crippen molar-refractivity contribution in [2.24, 2.45) is 5.41 Å². The summed E-state index contributed by atoms with van der Waals surface area (Å²) >= 11 is 0. The van der Waals surface area contributed by atoms with Gasteiger partial charge in [-0.2, -0.15) is 0 Å². The van der Waals surface area contributed by atoms with E-state index >= 15 is 0 Å². The second-order valence-corrected chi connectivity index (χ2v) is 6.54. The van der Waals surface area contributed by atoms with E-state index in [1.54, 1.807) is 0 Å². The Kier molecular flexibility index (Phi) is 3.06. The van der Waals surface area contributed by atoms with E-state index < -0.39 is 0 Å². The Labute approximate surface area is 110 Å². The van der Waals surface area contributed by atoms with Gasteiger partial charge in [0.2, 0.25) is 0 Å². The number of nitrogen functional groups attached to an aromatic ring is 1. The molecule has 0 spiro atoms. The van der Waals surface area contributed by atoms with Gasteiger partial charge in [0.05, 0.1) is 0 Å². The highest BCUT2D eigenvalue weighted by Gasteiger charge is 2.31. The highest BCUT2D eigenvalue weighted by atomic mass is 15.1. The number of rotatable bonds is 2. The Balaban J connectivity index is 1.67. The Hall–Kier alpha value is -1.02. The van der Waals surface area contributed by atoms with Gasteiger partial charge in [-0.3, -0.25) is 4.90 Å². The lowest BCUT2D eigenvalue weighted by molar-refractivity contribution is 0.120. The van der Waals surface area contributed by atoms with Gasteiger partial charge in [0, 0.05) is 25.3 Å². The van der Waals surface area contributed by atoms with E-state index in [4.69, 9.17) is 5.73 Å². The molecule has 1 fully saturated rings. The quantitative estimate of drug-likeness (QED) is 0.806. The average Bonchev–Trinajstić information content (AvgIpc) is 2.70. The minimum atomic E-state index is 0.547. The molecule has 0 aromatic heterocycles. The monoisotopic (exact) mass is 244 g/mol. The molecule has 2 aliphatic rings. The highest BCUT2D eigenvalue weighted by molar-refractivity contribution is 5.46. The van der Waals surface area contributed by atoms with Gasteiger partial charge in [0.1, 0.15) is 0 Å². The molecule has 0 radical (unpaired) electrons. The fourth-order valence-corrected chi connectivity index (χ4v) is 3.70. The highest BCUT2D eigenvalue weighted by Crippen LogP contribution is 2.38. The molecule has 0 atom stereocenters. The molecule has 0 saturated heterocycles. The molecule has 1 heterocycles. The van der Waals surface area contributed by atoms with E-state index in [0.29, 0.717) is 5.41 Å². The first-order valence-corrected chi connectivity index (χ1v) is 7.24. The Morgan fingerprint density at radius 3 is 2.61 bits per heavy atom. The van der Waals surface area contributed by atoms with Crippen molar-refractivity contribution >= 4 is 5.69 Å².